The van der Waals surface area contributed by atoms with Gasteiger partial charge in [0.2, 0.25) is 0 Å². The molecule has 3 rings (SSSR count). The Bertz CT molecular complexity index is 632. The summed E-state index contributed by atoms with van der Waals surface area (Å²) in [5.41, 5.74) is 2.69. The maximum Gasteiger partial charge on any atom is 0.172 e. The lowest BCUT2D eigenvalue weighted by atomic mass is 10.2. The molecule has 0 radical (unpaired) electrons. The molecule has 21 heavy (non-hydrogen) atoms. The highest BCUT2D eigenvalue weighted by atomic mass is 16.5. The minimum absolute atomic E-state index is 0.470. The van der Waals surface area contributed by atoms with Gasteiger partial charge in [0, 0.05) is 18.9 Å². The molecule has 110 valence electrons. The Hall–Kier alpha value is -2.17. The van der Waals surface area contributed by atoms with Gasteiger partial charge in [-0.1, -0.05) is 17.3 Å². The van der Waals surface area contributed by atoms with Crippen LogP contribution in [0.2, 0.25) is 0 Å². The van der Waals surface area contributed by atoms with E-state index in [-0.39, 0.29) is 0 Å². The van der Waals surface area contributed by atoms with Crippen LogP contribution >= 0.6 is 0 Å². The molecule has 0 amide bonds. The Balaban J connectivity index is 1.54. The lowest BCUT2D eigenvalue weighted by Gasteiger charge is -2.08. The van der Waals surface area contributed by atoms with Gasteiger partial charge in [0.1, 0.15) is 11.4 Å². The standard InChI is InChI=1S/C16H19N3O2/c1-12-4-2-5-14(10-12)21-9-3-8-19-16(13-6-7-13)15(11-20)17-18-19/h2,4-5,10-11,13H,3,6-9H2,1H3. The molecule has 0 unspecified atom stereocenters. The quantitative estimate of drug-likeness (QED) is 0.580. The number of aromatic nitrogens is 3. The first-order valence-electron chi connectivity index (χ1n) is 7.36. The van der Waals surface area contributed by atoms with Gasteiger partial charge >= 0.3 is 0 Å². The fourth-order valence-corrected chi connectivity index (χ4v) is 2.47. The van der Waals surface area contributed by atoms with Crippen LogP contribution in [0.5, 0.6) is 5.75 Å². The zero-order valence-electron chi connectivity index (χ0n) is 12.2. The van der Waals surface area contributed by atoms with Crippen LogP contribution in [0.1, 0.15) is 46.9 Å². The number of rotatable bonds is 7. The Labute approximate surface area is 123 Å². The highest BCUT2D eigenvalue weighted by Crippen LogP contribution is 2.40. The van der Waals surface area contributed by atoms with Crippen molar-refractivity contribution < 1.29 is 9.53 Å². The number of nitrogens with zero attached hydrogens (tertiary/aromatic N) is 3. The Morgan fingerprint density at radius 1 is 1.43 bits per heavy atom. The van der Waals surface area contributed by atoms with E-state index in [0.717, 1.165) is 43.5 Å². The van der Waals surface area contributed by atoms with E-state index in [1.54, 1.807) is 0 Å². The van der Waals surface area contributed by atoms with E-state index in [4.69, 9.17) is 4.74 Å². The first kappa shape index (κ1) is 13.8. The maximum atomic E-state index is 11.0. The molecule has 5 heteroatoms. The van der Waals surface area contributed by atoms with E-state index in [2.05, 4.69) is 10.3 Å². The molecular weight excluding hydrogens is 266 g/mol. The van der Waals surface area contributed by atoms with Crippen LogP contribution in [0.3, 0.4) is 0 Å². The summed E-state index contributed by atoms with van der Waals surface area (Å²) >= 11 is 0. The molecule has 1 aliphatic carbocycles. The minimum atomic E-state index is 0.470. The van der Waals surface area contributed by atoms with Crippen molar-refractivity contribution in [1.82, 2.24) is 15.0 Å². The molecule has 0 bridgehead atoms. The molecule has 0 spiro atoms. The van der Waals surface area contributed by atoms with Gasteiger partial charge in [-0.2, -0.15) is 0 Å². The number of aryl methyl sites for hydroxylation is 2. The molecule has 1 heterocycles. The normalized spacial score (nSPS) is 14.1. The Kier molecular flexibility index (Phi) is 3.99. The number of ether oxygens (including phenoxy) is 1. The van der Waals surface area contributed by atoms with Crippen molar-refractivity contribution in [1.29, 1.82) is 0 Å². The van der Waals surface area contributed by atoms with Crippen molar-refractivity contribution in [3.05, 3.63) is 41.2 Å². The van der Waals surface area contributed by atoms with Crippen molar-refractivity contribution in [3.63, 3.8) is 0 Å². The molecule has 0 N–H and O–H groups in total. The van der Waals surface area contributed by atoms with Crippen LogP contribution in [0.4, 0.5) is 0 Å². The van der Waals surface area contributed by atoms with Crippen LogP contribution in [-0.4, -0.2) is 27.9 Å². The third-order valence-electron chi connectivity index (χ3n) is 3.65. The van der Waals surface area contributed by atoms with Gasteiger partial charge in [0.05, 0.1) is 12.3 Å². The molecule has 1 saturated carbocycles. The number of aldehydes is 1. The third-order valence-corrected chi connectivity index (χ3v) is 3.65. The van der Waals surface area contributed by atoms with E-state index < -0.39 is 0 Å². The highest BCUT2D eigenvalue weighted by Gasteiger charge is 2.30. The zero-order valence-corrected chi connectivity index (χ0v) is 12.2. The van der Waals surface area contributed by atoms with E-state index in [0.29, 0.717) is 18.2 Å². The molecule has 0 saturated heterocycles. The Morgan fingerprint density at radius 2 is 2.29 bits per heavy atom. The largest absolute Gasteiger partial charge is 0.494 e. The summed E-state index contributed by atoms with van der Waals surface area (Å²) in [5.74, 6) is 1.36. The average Bonchev–Trinajstić information content (AvgIpc) is 3.24. The lowest BCUT2D eigenvalue weighted by Crippen LogP contribution is -2.09. The monoisotopic (exact) mass is 285 g/mol. The van der Waals surface area contributed by atoms with Crippen molar-refractivity contribution in [2.24, 2.45) is 0 Å². The summed E-state index contributed by atoms with van der Waals surface area (Å²) in [6, 6.07) is 8.02. The molecule has 1 aliphatic rings. The fraction of sp³-hybridized carbons (Fsp3) is 0.438. The average molecular weight is 285 g/mol. The summed E-state index contributed by atoms with van der Waals surface area (Å²) in [5, 5.41) is 8.04. The van der Waals surface area contributed by atoms with E-state index >= 15 is 0 Å². The van der Waals surface area contributed by atoms with Gasteiger partial charge in [0.25, 0.3) is 0 Å². The number of carbonyl (C=O) groups excluding carboxylic acids is 1. The Morgan fingerprint density at radius 3 is 3.00 bits per heavy atom. The molecule has 1 aromatic carbocycles. The fourth-order valence-electron chi connectivity index (χ4n) is 2.47. The lowest BCUT2D eigenvalue weighted by molar-refractivity contribution is 0.111. The summed E-state index contributed by atoms with van der Waals surface area (Å²) < 4.78 is 7.59. The number of carbonyl (C=O) groups is 1. The van der Waals surface area contributed by atoms with Gasteiger partial charge in [-0.25, -0.2) is 4.68 Å². The molecular formula is C16H19N3O2. The summed E-state index contributed by atoms with van der Waals surface area (Å²) in [7, 11) is 0. The molecule has 5 nitrogen and oxygen atoms in total. The molecule has 0 aliphatic heterocycles. The zero-order chi connectivity index (χ0) is 14.7. The minimum Gasteiger partial charge on any atom is -0.494 e. The highest BCUT2D eigenvalue weighted by molar-refractivity contribution is 5.73. The maximum absolute atomic E-state index is 11.0. The molecule has 0 atom stereocenters. The SMILES string of the molecule is Cc1cccc(OCCCn2nnc(C=O)c2C2CC2)c1. The van der Waals surface area contributed by atoms with Crippen LogP contribution in [0.25, 0.3) is 0 Å². The van der Waals surface area contributed by atoms with E-state index in [9.17, 15) is 4.79 Å². The second-order valence-corrected chi connectivity index (χ2v) is 5.49. The third kappa shape index (κ3) is 3.29. The number of hydrogen-bond acceptors (Lipinski definition) is 4. The predicted molar refractivity (Wildman–Crippen MR) is 78.7 cm³/mol. The molecule has 1 aromatic heterocycles. The van der Waals surface area contributed by atoms with Crippen molar-refractivity contribution >= 4 is 6.29 Å². The molecule has 1 fully saturated rings. The van der Waals surface area contributed by atoms with Crippen LogP contribution in [0.15, 0.2) is 24.3 Å². The topological polar surface area (TPSA) is 57.0 Å². The van der Waals surface area contributed by atoms with Gasteiger partial charge in [-0.3, -0.25) is 4.79 Å². The van der Waals surface area contributed by atoms with E-state index in [1.807, 2.05) is 35.9 Å². The number of hydrogen-bond donors (Lipinski definition) is 0. The summed E-state index contributed by atoms with van der Waals surface area (Å²) in [6.07, 6.45) is 3.91. The van der Waals surface area contributed by atoms with E-state index in [1.165, 1.54) is 5.56 Å². The predicted octanol–water partition coefficient (Wildman–Crippen LogP) is 2.75. The second kappa shape index (κ2) is 6.08. The van der Waals surface area contributed by atoms with Crippen LogP contribution in [0, 0.1) is 6.92 Å². The van der Waals surface area contributed by atoms with Crippen molar-refractivity contribution in [2.75, 3.05) is 6.61 Å². The van der Waals surface area contributed by atoms with Crippen molar-refractivity contribution in [2.45, 2.75) is 38.6 Å². The van der Waals surface area contributed by atoms with Gasteiger partial charge in [0.15, 0.2) is 6.29 Å². The second-order valence-electron chi connectivity index (χ2n) is 5.49. The summed E-state index contributed by atoms with van der Waals surface area (Å²) in [4.78, 5) is 11.0. The van der Waals surface area contributed by atoms with Gasteiger partial charge in [-0.15, -0.1) is 5.10 Å². The first-order chi connectivity index (χ1) is 10.3. The van der Waals surface area contributed by atoms with Crippen molar-refractivity contribution in [3.8, 4) is 5.75 Å². The van der Waals surface area contributed by atoms with Crippen LogP contribution < -0.4 is 4.74 Å². The molecule has 2 aromatic rings. The van der Waals surface area contributed by atoms with Gasteiger partial charge in [-0.05, 0) is 37.5 Å². The summed E-state index contributed by atoms with van der Waals surface area (Å²) in [6.45, 7) is 3.41. The smallest absolute Gasteiger partial charge is 0.172 e. The first-order valence-corrected chi connectivity index (χ1v) is 7.36. The van der Waals surface area contributed by atoms with Crippen LogP contribution in [-0.2, 0) is 6.54 Å². The number of benzene rings is 1. The van der Waals surface area contributed by atoms with Gasteiger partial charge < -0.3 is 4.74 Å².